The minimum atomic E-state index is -2.83. The van der Waals surface area contributed by atoms with Crippen LogP contribution < -0.4 is 4.74 Å². The van der Waals surface area contributed by atoms with Crippen molar-refractivity contribution < 1.29 is 13.5 Å². The highest BCUT2D eigenvalue weighted by molar-refractivity contribution is 7.71. The molecule has 5 nitrogen and oxygen atoms in total. The molecule has 1 aromatic carbocycles. The first-order chi connectivity index (χ1) is 11.1. The molecule has 1 saturated heterocycles. The van der Waals surface area contributed by atoms with E-state index in [9.17, 15) is 8.78 Å². The van der Waals surface area contributed by atoms with Crippen LogP contribution in [0.4, 0.5) is 8.78 Å². The second kappa shape index (κ2) is 7.18. The van der Waals surface area contributed by atoms with E-state index in [0.29, 0.717) is 11.3 Å². The number of benzene rings is 1. The summed E-state index contributed by atoms with van der Waals surface area (Å²) in [4.78, 5) is 2.35. The van der Waals surface area contributed by atoms with Crippen molar-refractivity contribution in [3.63, 3.8) is 0 Å². The largest absolute Gasteiger partial charge is 0.435 e. The number of nitrogens with one attached hydrogen (secondary N) is 1. The Morgan fingerprint density at radius 3 is 2.52 bits per heavy atom. The Balaban J connectivity index is 1.81. The average molecular weight is 340 g/mol. The van der Waals surface area contributed by atoms with E-state index in [0.717, 1.165) is 24.6 Å². The zero-order valence-electron chi connectivity index (χ0n) is 12.5. The second-order valence-corrected chi connectivity index (χ2v) is 5.88. The Morgan fingerprint density at radius 2 is 1.87 bits per heavy atom. The van der Waals surface area contributed by atoms with Crippen molar-refractivity contribution in [2.24, 2.45) is 0 Å². The number of piperidine rings is 1. The molecule has 1 N–H and O–H groups in total. The summed E-state index contributed by atoms with van der Waals surface area (Å²) >= 11 is 5.30. The van der Waals surface area contributed by atoms with Crippen LogP contribution in [0.5, 0.6) is 5.75 Å². The number of alkyl halides is 2. The number of likely N-dealkylation sites (tertiary alicyclic amines) is 1. The van der Waals surface area contributed by atoms with Crippen molar-refractivity contribution in [1.29, 1.82) is 0 Å². The lowest BCUT2D eigenvalue weighted by Crippen LogP contribution is -2.30. The van der Waals surface area contributed by atoms with Crippen molar-refractivity contribution in [1.82, 2.24) is 19.7 Å². The highest BCUT2D eigenvalue weighted by Crippen LogP contribution is 2.20. The first-order valence-electron chi connectivity index (χ1n) is 7.57. The minimum Gasteiger partial charge on any atom is -0.435 e. The van der Waals surface area contributed by atoms with Crippen molar-refractivity contribution in [2.45, 2.75) is 32.4 Å². The SMILES string of the molecule is FC(F)Oc1ccc(-n2c(CN3CCCCC3)n[nH]c2=S)cc1. The number of nitrogens with zero attached hydrogens (tertiary/aromatic N) is 3. The fourth-order valence-corrected chi connectivity index (χ4v) is 3.05. The molecule has 3 rings (SSSR count). The molecular weight excluding hydrogens is 322 g/mol. The third-order valence-corrected chi connectivity index (χ3v) is 4.15. The van der Waals surface area contributed by atoms with Crippen molar-refractivity contribution >= 4 is 12.2 Å². The maximum absolute atomic E-state index is 12.2. The van der Waals surface area contributed by atoms with E-state index in [1.165, 1.54) is 31.4 Å². The van der Waals surface area contributed by atoms with E-state index in [2.05, 4.69) is 19.8 Å². The van der Waals surface area contributed by atoms with Crippen LogP contribution in [-0.2, 0) is 6.54 Å². The minimum absolute atomic E-state index is 0.122. The number of hydrogen-bond donors (Lipinski definition) is 1. The van der Waals surface area contributed by atoms with Crippen LogP contribution in [-0.4, -0.2) is 39.4 Å². The lowest BCUT2D eigenvalue weighted by atomic mass is 10.1. The molecule has 1 aliphatic rings. The van der Waals surface area contributed by atoms with Crippen LogP contribution in [0.1, 0.15) is 25.1 Å². The quantitative estimate of drug-likeness (QED) is 0.846. The summed E-state index contributed by atoms with van der Waals surface area (Å²) in [7, 11) is 0. The third kappa shape index (κ3) is 3.94. The Morgan fingerprint density at radius 1 is 1.17 bits per heavy atom. The van der Waals surface area contributed by atoms with Gasteiger partial charge in [-0.25, -0.2) is 0 Å². The standard InChI is InChI=1S/C15H18F2N4OS/c16-14(17)22-12-6-4-11(5-7-12)21-13(18-19-15(21)23)10-20-8-2-1-3-9-20/h4-7,14H,1-3,8-10H2,(H,19,23). The van der Waals surface area contributed by atoms with Gasteiger partial charge in [-0.05, 0) is 62.4 Å². The Hall–Kier alpha value is -1.80. The number of rotatable bonds is 5. The van der Waals surface area contributed by atoms with Gasteiger partial charge in [0.15, 0.2) is 4.77 Å². The molecule has 1 aliphatic heterocycles. The summed E-state index contributed by atoms with van der Waals surface area (Å²) < 4.78 is 31.1. The Bertz CT molecular complexity index is 692. The van der Waals surface area contributed by atoms with Gasteiger partial charge >= 0.3 is 6.61 Å². The molecule has 124 valence electrons. The van der Waals surface area contributed by atoms with Crippen molar-refractivity contribution in [3.8, 4) is 11.4 Å². The summed E-state index contributed by atoms with van der Waals surface area (Å²) in [6.07, 6.45) is 3.67. The van der Waals surface area contributed by atoms with Gasteiger partial charge < -0.3 is 4.74 Å². The molecule has 0 bridgehead atoms. The van der Waals surface area contributed by atoms with Gasteiger partial charge in [0.25, 0.3) is 0 Å². The summed E-state index contributed by atoms with van der Waals surface area (Å²) in [5.74, 6) is 0.941. The van der Waals surface area contributed by atoms with Crippen LogP contribution in [0.3, 0.4) is 0 Å². The molecule has 0 amide bonds. The lowest BCUT2D eigenvalue weighted by Gasteiger charge is -2.25. The van der Waals surface area contributed by atoms with E-state index in [1.54, 1.807) is 12.1 Å². The highest BCUT2D eigenvalue weighted by atomic mass is 32.1. The average Bonchev–Trinajstić information content (AvgIpc) is 2.89. The predicted octanol–water partition coefficient (Wildman–Crippen LogP) is 3.52. The predicted molar refractivity (Wildman–Crippen MR) is 84.5 cm³/mol. The zero-order chi connectivity index (χ0) is 16.2. The monoisotopic (exact) mass is 340 g/mol. The molecule has 0 unspecified atom stereocenters. The van der Waals surface area contributed by atoms with Crippen LogP contribution >= 0.6 is 12.2 Å². The molecular formula is C15H18F2N4OS. The Kier molecular flexibility index (Phi) is 5.02. The molecule has 0 saturated carbocycles. The van der Waals surface area contributed by atoms with E-state index < -0.39 is 6.61 Å². The van der Waals surface area contributed by atoms with E-state index in [4.69, 9.17) is 12.2 Å². The summed E-state index contributed by atoms with van der Waals surface area (Å²) in [6.45, 7) is -0.00380. The molecule has 2 aromatic rings. The maximum Gasteiger partial charge on any atom is 0.387 e. The third-order valence-electron chi connectivity index (χ3n) is 3.88. The number of halogens is 2. The first-order valence-corrected chi connectivity index (χ1v) is 7.98. The van der Waals surface area contributed by atoms with Gasteiger partial charge in [0.05, 0.1) is 6.54 Å². The summed E-state index contributed by atoms with van der Waals surface area (Å²) in [5.41, 5.74) is 0.775. The highest BCUT2D eigenvalue weighted by Gasteiger charge is 2.15. The van der Waals surface area contributed by atoms with Gasteiger partial charge in [0.2, 0.25) is 0 Å². The molecule has 1 fully saturated rings. The first kappa shape index (κ1) is 16.1. The molecule has 0 spiro atoms. The molecule has 0 radical (unpaired) electrons. The van der Waals surface area contributed by atoms with Crippen molar-refractivity contribution in [3.05, 3.63) is 34.9 Å². The molecule has 2 heterocycles. The molecule has 1 aromatic heterocycles. The van der Waals surface area contributed by atoms with Gasteiger partial charge in [-0.3, -0.25) is 14.6 Å². The van der Waals surface area contributed by atoms with Gasteiger partial charge in [-0.1, -0.05) is 6.42 Å². The topological polar surface area (TPSA) is 46.1 Å². The number of aromatic nitrogens is 3. The second-order valence-electron chi connectivity index (χ2n) is 5.49. The molecule has 8 heteroatoms. The van der Waals surface area contributed by atoms with E-state index in [-0.39, 0.29) is 5.75 Å². The summed E-state index contributed by atoms with van der Waals surface area (Å²) in [6, 6.07) is 6.40. The fraction of sp³-hybridized carbons (Fsp3) is 0.467. The normalized spacial score (nSPS) is 16.0. The smallest absolute Gasteiger partial charge is 0.387 e. The van der Waals surface area contributed by atoms with Gasteiger partial charge in [-0.15, -0.1) is 0 Å². The number of H-pyrrole nitrogens is 1. The fourth-order valence-electron chi connectivity index (χ4n) is 2.80. The molecule has 23 heavy (non-hydrogen) atoms. The van der Waals surface area contributed by atoms with Crippen LogP contribution in [0.25, 0.3) is 5.69 Å². The van der Waals surface area contributed by atoms with Crippen LogP contribution in [0.15, 0.2) is 24.3 Å². The zero-order valence-corrected chi connectivity index (χ0v) is 13.4. The van der Waals surface area contributed by atoms with Crippen molar-refractivity contribution in [2.75, 3.05) is 13.1 Å². The van der Waals surface area contributed by atoms with Crippen LogP contribution in [0.2, 0.25) is 0 Å². The van der Waals surface area contributed by atoms with Gasteiger partial charge in [-0.2, -0.15) is 13.9 Å². The molecule has 0 aliphatic carbocycles. The number of hydrogen-bond acceptors (Lipinski definition) is 4. The van der Waals surface area contributed by atoms with E-state index >= 15 is 0 Å². The maximum atomic E-state index is 12.2. The Labute approximate surface area is 137 Å². The van der Waals surface area contributed by atoms with Gasteiger partial charge in [0, 0.05) is 5.69 Å². The number of aromatic amines is 1. The lowest BCUT2D eigenvalue weighted by molar-refractivity contribution is -0.0498. The summed E-state index contributed by atoms with van der Waals surface area (Å²) in [5, 5.41) is 7.12. The van der Waals surface area contributed by atoms with Gasteiger partial charge in [0.1, 0.15) is 11.6 Å². The molecule has 0 atom stereocenters. The van der Waals surface area contributed by atoms with Crippen LogP contribution in [0, 0.1) is 4.77 Å². The number of ether oxygens (including phenoxy) is 1. The van der Waals surface area contributed by atoms with E-state index in [1.807, 2.05) is 4.57 Å².